The van der Waals surface area contributed by atoms with Crippen LogP contribution in [0.5, 0.6) is 5.75 Å². The van der Waals surface area contributed by atoms with Gasteiger partial charge in [0.05, 0.1) is 12.8 Å². The highest BCUT2D eigenvalue weighted by molar-refractivity contribution is 5.65. The molecule has 0 aromatic heterocycles. The summed E-state index contributed by atoms with van der Waals surface area (Å²) in [5.74, 6) is 2.11. The van der Waals surface area contributed by atoms with Crippen LogP contribution in [-0.2, 0) is 11.8 Å². The molecule has 0 aliphatic heterocycles. The van der Waals surface area contributed by atoms with Gasteiger partial charge in [-0.25, -0.2) is 0 Å². The minimum Gasteiger partial charge on any atom is -0.494 e. The molecule has 2 nitrogen and oxygen atoms in total. The first kappa shape index (κ1) is 16.7. The third-order valence-electron chi connectivity index (χ3n) is 6.77. The van der Waals surface area contributed by atoms with Crippen LogP contribution in [0.4, 0.5) is 5.69 Å². The summed E-state index contributed by atoms with van der Waals surface area (Å²) in [6.07, 6.45) is 6.43. The van der Waals surface area contributed by atoms with Gasteiger partial charge in [-0.15, -0.1) is 0 Å². The lowest BCUT2D eigenvalue weighted by Gasteiger charge is -2.55. The average molecular weight is 316 g/mol. The highest BCUT2D eigenvalue weighted by atomic mass is 16.5. The number of anilines is 1. The molecule has 0 unspecified atom stereocenters. The normalized spacial score (nSPS) is 29.1. The van der Waals surface area contributed by atoms with Gasteiger partial charge in [-0.3, -0.25) is 0 Å². The first-order valence-corrected chi connectivity index (χ1v) is 9.22. The van der Waals surface area contributed by atoms with E-state index in [4.69, 9.17) is 10.5 Å². The molecule has 1 aromatic carbocycles. The molecule has 0 bridgehead atoms. The molecule has 0 heterocycles. The zero-order valence-electron chi connectivity index (χ0n) is 15.8. The fourth-order valence-corrected chi connectivity index (χ4v) is 5.81. The van der Waals surface area contributed by atoms with Crippen molar-refractivity contribution in [1.82, 2.24) is 0 Å². The van der Waals surface area contributed by atoms with Crippen LogP contribution >= 0.6 is 0 Å². The van der Waals surface area contributed by atoms with E-state index in [1.165, 1.54) is 48.8 Å². The summed E-state index contributed by atoms with van der Waals surface area (Å²) in [6, 6.07) is 2.24. The Bertz CT molecular complexity index is 617. The van der Waals surface area contributed by atoms with Crippen molar-refractivity contribution in [1.29, 1.82) is 0 Å². The van der Waals surface area contributed by atoms with Crippen molar-refractivity contribution in [3.8, 4) is 5.75 Å². The van der Waals surface area contributed by atoms with E-state index >= 15 is 0 Å². The Kier molecular flexibility index (Phi) is 3.93. The Morgan fingerprint density at radius 1 is 1.22 bits per heavy atom. The van der Waals surface area contributed by atoms with Crippen molar-refractivity contribution >= 4 is 5.69 Å². The number of hydrogen-bond donors (Lipinski definition) is 1. The van der Waals surface area contributed by atoms with Gasteiger partial charge >= 0.3 is 0 Å². The maximum Gasteiger partial charge on any atom is 0.145 e. The van der Waals surface area contributed by atoms with Crippen molar-refractivity contribution in [2.24, 2.45) is 11.3 Å². The van der Waals surface area contributed by atoms with E-state index < -0.39 is 0 Å². The van der Waals surface area contributed by atoms with E-state index in [-0.39, 0.29) is 5.41 Å². The number of methoxy groups -OCH3 is 1. The summed E-state index contributed by atoms with van der Waals surface area (Å²) in [5.41, 5.74) is 12.3. The molecule has 128 valence electrons. The number of nitrogen functional groups attached to an aromatic ring is 1. The van der Waals surface area contributed by atoms with E-state index in [9.17, 15) is 0 Å². The van der Waals surface area contributed by atoms with Crippen LogP contribution in [0.3, 0.4) is 0 Å². The van der Waals surface area contributed by atoms with E-state index in [2.05, 4.69) is 40.7 Å². The SMILES string of the molecule is COc1c(N)cc2c(c1C(C)C)CC[C@H]1C(C)(C)CCC[C@]21C. The van der Waals surface area contributed by atoms with E-state index in [1.54, 1.807) is 7.11 Å². The van der Waals surface area contributed by atoms with Gasteiger partial charge in [-0.05, 0) is 65.5 Å². The van der Waals surface area contributed by atoms with E-state index in [1.807, 2.05) is 0 Å². The largest absolute Gasteiger partial charge is 0.494 e. The zero-order valence-corrected chi connectivity index (χ0v) is 15.8. The lowest BCUT2D eigenvalue weighted by atomic mass is 9.50. The van der Waals surface area contributed by atoms with Crippen molar-refractivity contribution in [3.63, 3.8) is 0 Å². The summed E-state index contributed by atoms with van der Waals surface area (Å²) in [5, 5.41) is 0. The van der Waals surface area contributed by atoms with Gasteiger partial charge in [0.1, 0.15) is 5.75 Å². The molecular weight excluding hydrogens is 282 g/mol. The van der Waals surface area contributed by atoms with Gasteiger partial charge in [0.15, 0.2) is 0 Å². The second-order valence-corrected chi connectivity index (χ2v) is 8.94. The van der Waals surface area contributed by atoms with Crippen LogP contribution in [0.25, 0.3) is 0 Å². The molecule has 1 saturated carbocycles. The second kappa shape index (κ2) is 5.43. The van der Waals surface area contributed by atoms with Gasteiger partial charge in [0, 0.05) is 5.56 Å². The zero-order chi connectivity index (χ0) is 17.0. The molecule has 1 fully saturated rings. The highest BCUT2D eigenvalue weighted by Gasteiger charge is 2.50. The molecule has 2 heteroatoms. The molecule has 2 aliphatic carbocycles. The third kappa shape index (κ3) is 2.37. The Labute approximate surface area is 141 Å². The third-order valence-corrected chi connectivity index (χ3v) is 6.77. The fourth-order valence-electron chi connectivity index (χ4n) is 5.81. The average Bonchev–Trinajstić information content (AvgIpc) is 2.45. The molecule has 0 spiro atoms. The standard InChI is InChI=1S/C21H33NO/c1-13(2)18-14-8-9-17-20(3,4)10-7-11-21(17,5)15(14)12-16(22)19(18)23-6/h12-13,17H,7-11,22H2,1-6H3/t17-,21+/m0/s1. The van der Waals surface area contributed by atoms with Crippen LogP contribution in [0.2, 0.25) is 0 Å². The lowest BCUT2D eigenvalue weighted by molar-refractivity contribution is 0.0405. The topological polar surface area (TPSA) is 35.2 Å². The molecule has 2 N–H and O–H groups in total. The minimum atomic E-state index is 0.263. The van der Waals surface area contributed by atoms with E-state index in [0.717, 1.165) is 17.4 Å². The molecule has 0 radical (unpaired) electrons. The summed E-state index contributed by atoms with van der Waals surface area (Å²) in [7, 11) is 1.75. The summed E-state index contributed by atoms with van der Waals surface area (Å²) >= 11 is 0. The van der Waals surface area contributed by atoms with Gasteiger partial charge in [0.2, 0.25) is 0 Å². The molecule has 1 aromatic rings. The Morgan fingerprint density at radius 3 is 2.52 bits per heavy atom. The first-order chi connectivity index (χ1) is 10.7. The number of ether oxygens (including phenoxy) is 1. The van der Waals surface area contributed by atoms with Crippen LogP contribution < -0.4 is 10.5 Å². The molecule has 2 aliphatic rings. The Hall–Kier alpha value is -1.18. The number of benzene rings is 1. The quantitative estimate of drug-likeness (QED) is 0.738. The van der Waals surface area contributed by atoms with Crippen molar-refractivity contribution < 1.29 is 4.74 Å². The van der Waals surface area contributed by atoms with Gasteiger partial charge in [-0.2, -0.15) is 0 Å². The molecule has 0 saturated heterocycles. The van der Waals surface area contributed by atoms with Crippen LogP contribution in [-0.4, -0.2) is 7.11 Å². The summed E-state index contributed by atoms with van der Waals surface area (Å²) < 4.78 is 5.69. The van der Waals surface area contributed by atoms with Crippen LogP contribution in [0, 0.1) is 11.3 Å². The maximum absolute atomic E-state index is 6.42. The lowest BCUT2D eigenvalue weighted by Crippen LogP contribution is -2.48. The van der Waals surface area contributed by atoms with Crippen LogP contribution in [0.15, 0.2) is 6.07 Å². The summed E-state index contributed by atoms with van der Waals surface area (Å²) in [6.45, 7) is 12.0. The Balaban J connectivity index is 2.23. The van der Waals surface area contributed by atoms with Crippen molar-refractivity contribution in [3.05, 3.63) is 22.8 Å². The van der Waals surface area contributed by atoms with Crippen molar-refractivity contribution in [2.45, 2.75) is 78.1 Å². The van der Waals surface area contributed by atoms with Crippen LogP contribution in [0.1, 0.15) is 82.9 Å². The number of nitrogens with two attached hydrogens (primary N) is 1. The fraction of sp³-hybridized carbons (Fsp3) is 0.714. The number of rotatable bonds is 2. The summed E-state index contributed by atoms with van der Waals surface area (Å²) in [4.78, 5) is 0. The predicted molar refractivity (Wildman–Crippen MR) is 98.3 cm³/mol. The Morgan fingerprint density at radius 2 is 1.91 bits per heavy atom. The first-order valence-electron chi connectivity index (χ1n) is 9.22. The minimum absolute atomic E-state index is 0.263. The van der Waals surface area contributed by atoms with E-state index in [0.29, 0.717) is 11.3 Å². The van der Waals surface area contributed by atoms with Gasteiger partial charge in [-0.1, -0.05) is 41.0 Å². The van der Waals surface area contributed by atoms with Crippen molar-refractivity contribution in [2.75, 3.05) is 12.8 Å². The molecule has 0 amide bonds. The number of fused-ring (bicyclic) bond motifs is 3. The van der Waals surface area contributed by atoms with Gasteiger partial charge < -0.3 is 10.5 Å². The molecule has 3 rings (SSSR count). The van der Waals surface area contributed by atoms with Gasteiger partial charge in [0.25, 0.3) is 0 Å². The molecule has 2 atom stereocenters. The monoisotopic (exact) mass is 315 g/mol. The maximum atomic E-state index is 6.42. The molecule has 23 heavy (non-hydrogen) atoms. The molecular formula is C21H33NO. The smallest absolute Gasteiger partial charge is 0.145 e. The second-order valence-electron chi connectivity index (χ2n) is 8.94. The number of hydrogen-bond acceptors (Lipinski definition) is 2. The predicted octanol–water partition coefficient (Wildman–Crippen LogP) is 5.43. The highest BCUT2D eigenvalue weighted by Crippen LogP contribution is 2.58.